The van der Waals surface area contributed by atoms with Crippen molar-refractivity contribution in [3.8, 4) is 0 Å². The normalized spacial score (nSPS) is 13.7. The van der Waals surface area contributed by atoms with E-state index in [1.165, 1.54) is 16.9 Å². The van der Waals surface area contributed by atoms with Crippen LogP contribution in [-0.4, -0.2) is 53.1 Å². The van der Waals surface area contributed by atoms with Gasteiger partial charge < -0.3 is 15.5 Å². The summed E-state index contributed by atoms with van der Waals surface area (Å²) < 4.78 is 0. The van der Waals surface area contributed by atoms with E-state index in [9.17, 15) is 9.59 Å². The molecule has 2 amide bonds. The number of nitrogens with zero attached hydrogens (tertiary/aromatic N) is 4. The molecular formula is C29H30N6O2S. The largest absolute Gasteiger partial charge is 0.344 e. The Morgan fingerprint density at radius 2 is 1.26 bits per heavy atom. The highest BCUT2D eigenvalue weighted by atomic mass is 32.1. The van der Waals surface area contributed by atoms with E-state index in [1.807, 2.05) is 72.8 Å². The molecule has 8 nitrogen and oxygen atoms in total. The first-order valence-electron chi connectivity index (χ1n) is 12.7. The lowest BCUT2D eigenvalue weighted by atomic mass is 10.1. The molecule has 0 atom stereocenters. The van der Waals surface area contributed by atoms with E-state index in [2.05, 4.69) is 42.8 Å². The van der Waals surface area contributed by atoms with Gasteiger partial charge in [0.25, 0.3) is 0 Å². The Hall–Kier alpha value is -4.08. The number of nitrogens with one attached hydrogen (secondary N) is 2. The lowest BCUT2D eigenvalue weighted by Gasteiger charge is -2.34. The van der Waals surface area contributed by atoms with Gasteiger partial charge in [-0.1, -0.05) is 84.1 Å². The molecule has 3 aromatic carbocycles. The lowest BCUT2D eigenvalue weighted by molar-refractivity contribution is -0.116. The average Bonchev–Trinajstić information content (AvgIpc) is 3.39. The van der Waals surface area contributed by atoms with E-state index in [0.717, 1.165) is 54.7 Å². The summed E-state index contributed by atoms with van der Waals surface area (Å²) in [4.78, 5) is 29.2. The Bertz CT molecular complexity index is 1340. The van der Waals surface area contributed by atoms with Gasteiger partial charge >= 0.3 is 0 Å². The maximum absolute atomic E-state index is 12.3. The predicted octanol–water partition coefficient (Wildman–Crippen LogP) is 4.22. The molecule has 2 N–H and O–H groups in total. The molecule has 194 valence electrons. The lowest BCUT2D eigenvalue weighted by Crippen LogP contribution is -2.45. The number of hydrogen-bond donors (Lipinski definition) is 2. The summed E-state index contributed by atoms with van der Waals surface area (Å²) in [5, 5.41) is 15.7. The summed E-state index contributed by atoms with van der Waals surface area (Å²) in [5.74, 6) is -0.110. The van der Waals surface area contributed by atoms with E-state index in [0.29, 0.717) is 18.0 Å². The van der Waals surface area contributed by atoms with Gasteiger partial charge in [0, 0.05) is 38.4 Å². The number of rotatable bonds is 9. The molecule has 1 aromatic heterocycles. The summed E-state index contributed by atoms with van der Waals surface area (Å²) in [7, 11) is 0. The number of carbonyl (C=O) groups excluding carboxylic acids is 2. The van der Waals surface area contributed by atoms with Gasteiger partial charge in [-0.3, -0.25) is 14.5 Å². The van der Waals surface area contributed by atoms with Crippen LogP contribution in [0, 0.1) is 0 Å². The smallest absolute Gasteiger partial charge is 0.230 e. The molecule has 0 unspecified atom stereocenters. The second-order valence-electron chi connectivity index (χ2n) is 9.27. The minimum atomic E-state index is -0.0921. The van der Waals surface area contributed by atoms with Crippen molar-refractivity contribution in [2.45, 2.75) is 19.4 Å². The van der Waals surface area contributed by atoms with E-state index in [4.69, 9.17) is 0 Å². The predicted molar refractivity (Wildman–Crippen MR) is 151 cm³/mol. The van der Waals surface area contributed by atoms with Gasteiger partial charge in [-0.2, -0.15) is 0 Å². The molecule has 0 bridgehead atoms. The van der Waals surface area contributed by atoms with Crippen LogP contribution in [-0.2, 0) is 29.0 Å². The van der Waals surface area contributed by atoms with Crippen molar-refractivity contribution < 1.29 is 9.59 Å². The highest BCUT2D eigenvalue weighted by Crippen LogP contribution is 2.25. The molecule has 0 saturated carbocycles. The molecule has 0 radical (unpaired) electrons. The number of piperazine rings is 1. The molecule has 9 heteroatoms. The van der Waals surface area contributed by atoms with Crippen LogP contribution in [0.5, 0.6) is 0 Å². The van der Waals surface area contributed by atoms with Crippen LogP contribution in [0.15, 0.2) is 84.9 Å². The molecule has 38 heavy (non-hydrogen) atoms. The Labute approximate surface area is 226 Å². The topological polar surface area (TPSA) is 90.5 Å². The van der Waals surface area contributed by atoms with Gasteiger partial charge in [-0.05, 0) is 28.8 Å². The number of aromatic nitrogens is 2. The Morgan fingerprint density at radius 1 is 0.684 bits per heavy atom. The van der Waals surface area contributed by atoms with E-state index in [1.54, 1.807) is 0 Å². The summed E-state index contributed by atoms with van der Waals surface area (Å²) in [6.07, 6.45) is 0.679. The van der Waals surface area contributed by atoms with Crippen LogP contribution in [0.1, 0.15) is 16.7 Å². The second-order valence-corrected chi connectivity index (χ2v) is 10.2. The minimum Gasteiger partial charge on any atom is -0.344 e. The number of amides is 2. The van der Waals surface area contributed by atoms with Crippen LogP contribution < -0.4 is 15.5 Å². The maximum Gasteiger partial charge on any atom is 0.230 e. The third kappa shape index (κ3) is 7.24. The van der Waals surface area contributed by atoms with E-state index < -0.39 is 0 Å². The fourth-order valence-electron chi connectivity index (χ4n) is 4.37. The van der Waals surface area contributed by atoms with Crippen LogP contribution in [0.3, 0.4) is 0 Å². The van der Waals surface area contributed by atoms with E-state index in [-0.39, 0.29) is 11.8 Å². The Kier molecular flexibility index (Phi) is 8.37. The molecular weight excluding hydrogens is 496 g/mol. The van der Waals surface area contributed by atoms with Crippen molar-refractivity contribution in [1.82, 2.24) is 15.1 Å². The highest BCUT2D eigenvalue weighted by Gasteiger charge is 2.21. The molecule has 1 aliphatic rings. The molecule has 1 saturated heterocycles. The quantitative estimate of drug-likeness (QED) is 0.339. The zero-order valence-corrected chi connectivity index (χ0v) is 21.9. The monoisotopic (exact) mass is 526 g/mol. The van der Waals surface area contributed by atoms with E-state index >= 15 is 0 Å². The summed E-state index contributed by atoms with van der Waals surface area (Å²) in [6, 6.07) is 27.5. The summed E-state index contributed by atoms with van der Waals surface area (Å²) in [5.41, 5.74) is 3.98. The summed E-state index contributed by atoms with van der Waals surface area (Å²) in [6.45, 7) is 4.36. The zero-order valence-electron chi connectivity index (χ0n) is 21.0. The van der Waals surface area contributed by atoms with Gasteiger partial charge in [0.1, 0.15) is 0 Å². The Morgan fingerprint density at radius 3 is 1.87 bits per heavy atom. The maximum atomic E-state index is 12.3. The zero-order chi connectivity index (χ0) is 26.2. The molecule has 5 rings (SSSR count). The van der Waals surface area contributed by atoms with Gasteiger partial charge in [0.2, 0.25) is 22.1 Å². The van der Waals surface area contributed by atoms with Crippen molar-refractivity contribution in [3.63, 3.8) is 0 Å². The first-order chi connectivity index (χ1) is 18.6. The number of benzene rings is 3. The Balaban J connectivity index is 1.05. The molecule has 2 heterocycles. The molecule has 1 fully saturated rings. The van der Waals surface area contributed by atoms with Crippen molar-refractivity contribution >= 4 is 39.1 Å². The minimum absolute atomic E-state index is 0.0179. The fourth-order valence-corrected chi connectivity index (χ4v) is 5.19. The number of hydrogen-bond acceptors (Lipinski definition) is 7. The third-order valence-electron chi connectivity index (χ3n) is 6.36. The third-order valence-corrected chi connectivity index (χ3v) is 7.26. The standard InChI is InChI=1S/C29H30N6O2S/c36-26(19-22-7-3-1-4-8-22)30-25-13-11-24(12-14-25)21-34-15-17-35(18-16-34)29-33-32-28(38-29)31-27(37)20-23-9-5-2-6-10-23/h1-14H,15-21H2,(H,30,36)(H,31,32,37). The average molecular weight is 527 g/mol. The SMILES string of the molecule is O=C(Cc1ccccc1)Nc1ccc(CN2CCN(c3nnc(NC(=O)Cc4ccccc4)s3)CC2)cc1. The van der Waals surface area contributed by atoms with Crippen molar-refractivity contribution in [2.75, 3.05) is 41.7 Å². The number of anilines is 3. The van der Waals surface area contributed by atoms with Gasteiger partial charge in [0.15, 0.2) is 0 Å². The fraction of sp³-hybridized carbons (Fsp3) is 0.241. The number of carbonyl (C=O) groups is 2. The van der Waals surface area contributed by atoms with Crippen LogP contribution in [0.25, 0.3) is 0 Å². The van der Waals surface area contributed by atoms with Crippen LogP contribution in [0.2, 0.25) is 0 Å². The first-order valence-corrected chi connectivity index (χ1v) is 13.5. The molecule has 1 aliphatic heterocycles. The van der Waals surface area contributed by atoms with Crippen molar-refractivity contribution in [3.05, 3.63) is 102 Å². The molecule has 4 aromatic rings. The molecule has 0 aliphatic carbocycles. The summed E-state index contributed by atoms with van der Waals surface area (Å²) >= 11 is 1.41. The van der Waals surface area contributed by atoms with Crippen LogP contribution >= 0.6 is 11.3 Å². The van der Waals surface area contributed by atoms with Crippen molar-refractivity contribution in [1.29, 1.82) is 0 Å². The van der Waals surface area contributed by atoms with Gasteiger partial charge in [-0.25, -0.2) is 0 Å². The highest BCUT2D eigenvalue weighted by molar-refractivity contribution is 7.19. The van der Waals surface area contributed by atoms with Crippen molar-refractivity contribution in [2.24, 2.45) is 0 Å². The molecule has 0 spiro atoms. The van der Waals surface area contributed by atoms with Crippen LogP contribution in [0.4, 0.5) is 16.0 Å². The van der Waals surface area contributed by atoms with Gasteiger partial charge in [0.05, 0.1) is 12.8 Å². The van der Waals surface area contributed by atoms with Gasteiger partial charge in [-0.15, -0.1) is 10.2 Å². The second kappa shape index (κ2) is 12.4. The first kappa shape index (κ1) is 25.6.